The number of aromatic amines is 1. The summed E-state index contributed by atoms with van der Waals surface area (Å²) in [5.74, 6) is 0.441. The quantitative estimate of drug-likeness (QED) is 0.824. The predicted octanol–water partition coefficient (Wildman–Crippen LogP) is 0.876. The summed E-state index contributed by atoms with van der Waals surface area (Å²) in [7, 11) is 1.40. The van der Waals surface area contributed by atoms with Gasteiger partial charge in [0.2, 0.25) is 5.43 Å². The number of carbonyl (C=O) groups excluding carboxylic acids is 1. The fourth-order valence-electron chi connectivity index (χ4n) is 2.08. The molecule has 0 fully saturated rings. The highest BCUT2D eigenvalue weighted by Gasteiger charge is 2.17. The number of aromatic nitrogens is 4. The number of hydrogen-bond acceptors (Lipinski definition) is 5. The molecule has 2 aromatic heterocycles. The maximum absolute atomic E-state index is 12.2. The highest BCUT2D eigenvalue weighted by Crippen LogP contribution is 2.10. The van der Waals surface area contributed by atoms with Crippen LogP contribution in [0.4, 0.5) is 0 Å². The summed E-state index contributed by atoms with van der Waals surface area (Å²) in [6.07, 6.45) is 3.74. The lowest BCUT2D eigenvalue weighted by molar-refractivity contribution is 0.0932. The first-order chi connectivity index (χ1) is 10.6. The van der Waals surface area contributed by atoms with Crippen molar-refractivity contribution < 1.29 is 9.53 Å². The minimum Gasteiger partial charge on any atom is -0.491 e. The Morgan fingerprint density at radius 2 is 2.32 bits per heavy atom. The molecule has 1 amide bonds. The number of hydrogen-bond donors (Lipinski definition) is 2. The second-order valence-corrected chi connectivity index (χ2v) is 4.82. The molecule has 2 N–H and O–H groups in total. The van der Waals surface area contributed by atoms with Gasteiger partial charge in [-0.05, 0) is 13.3 Å². The Kier molecular flexibility index (Phi) is 4.92. The number of methoxy groups -OCH3 is 1. The maximum Gasteiger partial charge on any atom is 0.268 e. The van der Waals surface area contributed by atoms with E-state index in [1.54, 1.807) is 4.68 Å². The van der Waals surface area contributed by atoms with Gasteiger partial charge in [0.05, 0.1) is 13.2 Å². The molecule has 2 rings (SSSR count). The Balaban J connectivity index is 2.12. The number of pyridine rings is 1. The van der Waals surface area contributed by atoms with Crippen LogP contribution in [0, 0.1) is 0 Å². The molecule has 0 unspecified atom stereocenters. The molecule has 0 bridgehead atoms. The van der Waals surface area contributed by atoms with Crippen LogP contribution < -0.4 is 15.5 Å². The van der Waals surface area contributed by atoms with Crippen molar-refractivity contribution in [1.29, 1.82) is 0 Å². The van der Waals surface area contributed by atoms with E-state index in [4.69, 9.17) is 4.74 Å². The largest absolute Gasteiger partial charge is 0.491 e. The normalized spacial score (nSPS) is 12.0. The van der Waals surface area contributed by atoms with Crippen molar-refractivity contribution in [2.24, 2.45) is 0 Å². The van der Waals surface area contributed by atoms with Gasteiger partial charge in [0.25, 0.3) is 5.91 Å². The second-order valence-electron chi connectivity index (χ2n) is 4.82. The molecular formula is C14H19N5O3. The van der Waals surface area contributed by atoms with E-state index >= 15 is 0 Å². The first-order valence-electron chi connectivity index (χ1n) is 7.02. The van der Waals surface area contributed by atoms with Gasteiger partial charge in [-0.1, -0.05) is 6.92 Å². The Bertz CT molecular complexity index is 706. The molecule has 118 valence electrons. The lowest BCUT2D eigenvalue weighted by Crippen LogP contribution is -2.30. The number of H-pyrrole nitrogens is 1. The van der Waals surface area contributed by atoms with Gasteiger partial charge in [0.1, 0.15) is 17.8 Å². The zero-order valence-corrected chi connectivity index (χ0v) is 12.8. The minimum absolute atomic E-state index is 0.160. The molecule has 0 aliphatic heterocycles. The number of rotatable bonds is 6. The van der Waals surface area contributed by atoms with Crippen LogP contribution in [0.5, 0.6) is 5.75 Å². The third kappa shape index (κ3) is 3.33. The fourth-order valence-corrected chi connectivity index (χ4v) is 2.08. The number of nitrogens with one attached hydrogen (secondary N) is 2. The van der Waals surface area contributed by atoms with Gasteiger partial charge in [-0.3, -0.25) is 9.59 Å². The van der Waals surface area contributed by atoms with Crippen LogP contribution in [0.25, 0.3) is 0 Å². The van der Waals surface area contributed by atoms with E-state index in [1.165, 1.54) is 25.7 Å². The standard InChI is InChI=1S/C14H19N5O3/c1-4-5-19-13(16-8-17-19)9(2)18-14(21)10-6-11(20)12(22-3)7-15-10/h6-9H,4-5H2,1-3H3,(H,15,20)(H,18,21)/t9-/m1/s1. The van der Waals surface area contributed by atoms with Crippen molar-refractivity contribution in [2.75, 3.05) is 7.11 Å². The van der Waals surface area contributed by atoms with Gasteiger partial charge >= 0.3 is 0 Å². The summed E-state index contributed by atoms with van der Waals surface area (Å²) in [6.45, 7) is 4.58. The number of nitrogens with zero attached hydrogens (tertiary/aromatic N) is 3. The van der Waals surface area contributed by atoms with E-state index in [0.29, 0.717) is 5.82 Å². The molecular weight excluding hydrogens is 286 g/mol. The first kappa shape index (κ1) is 15.7. The van der Waals surface area contributed by atoms with Gasteiger partial charge in [0.15, 0.2) is 5.75 Å². The van der Waals surface area contributed by atoms with Crippen molar-refractivity contribution in [3.05, 3.63) is 40.3 Å². The molecule has 0 spiro atoms. The van der Waals surface area contributed by atoms with E-state index in [0.717, 1.165) is 13.0 Å². The van der Waals surface area contributed by atoms with E-state index in [2.05, 4.69) is 20.4 Å². The Hall–Kier alpha value is -2.64. The molecule has 2 aromatic rings. The molecule has 1 atom stereocenters. The number of carbonyl (C=O) groups is 1. The lowest BCUT2D eigenvalue weighted by Gasteiger charge is -2.14. The maximum atomic E-state index is 12.2. The van der Waals surface area contributed by atoms with Crippen LogP contribution in [-0.2, 0) is 6.54 Å². The summed E-state index contributed by atoms with van der Waals surface area (Å²) >= 11 is 0. The summed E-state index contributed by atoms with van der Waals surface area (Å²) in [5, 5.41) is 6.91. The molecule has 0 radical (unpaired) electrons. The number of ether oxygens (including phenoxy) is 1. The van der Waals surface area contributed by atoms with Gasteiger partial charge in [0, 0.05) is 18.8 Å². The molecule has 2 heterocycles. The van der Waals surface area contributed by atoms with Gasteiger partial charge < -0.3 is 15.0 Å². The molecule has 0 saturated carbocycles. The third-order valence-electron chi connectivity index (χ3n) is 3.16. The van der Waals surface area contributed by atoms with E-state index in [9.17, 15) is 9.59 Å². The summed E-state index contributed by atoms with van der Waals surface area (Å²) in [6, 6.07) is 0.879. The van der Waals surface area contributed by atoms with Crippen LogP contribution in [0.1, 0.15) is 42.6 Å². The molecule has 8 heteroatoms. The van der Waals surface area contributed by atoms with Gasteiger partial charge in [-0.2, -0.15) is 5.10 Å². The topological polar surface area (TPSA) is 102 Å². The van der Waals surface area contributed by atoms with Crippen molar-refractivity contribution in [2.45, 2.75) is 32.9 Å². The SMILES string of the molecule is CCCn1ncnc1[C@@H](C)NC(=O)c1cc(=O)c(OC)c[nH]1. The molecule has 0 aromatic carbocycles. The molecule has 0 saturated heterocycles. The zero-order valence-electron chi connectivity index (χ0n) is 12.8. The summed E-state index contributed by atoms with van der Waals surface area (Å²) in [5.41, 5.74) is -0.188. The Morgan fingerprint density at radius 3 is 2.95 bits per heavy atom. The zero-order chi connectivity index (χ0) is 16.1. The van der Waals surface area contributed by atoms with Crippen LogP contribution >= 0.6 is 0 Å². The molecule has 22 heavy (non-hydrogen) atoms. The highest BCUT2D eigenvalue weighted by molar-refractivity contribution is 5.92. The number of amides is 1. The average molecular weight is 305 g/mol. The summed E-state index contributed by atoms with van der Waals surface area (Å²) in [4.78, 5) is 30.8. The molecule has 0 aliphatic rings. The average Bonchev–Trinajstić information content (AvgIpc) is 2.95. The van der Waals surface area contributed by atoms with Crippen LogP contribution in [0.15, 0.2) is 23.4 Å². The smallest absolute Gasteiger partial charge is 0.268 e. The Morgan fingerprint density at radius 1 is 1.55 bits per heavy atom. The van der Waals surface area contributed by atoms with Crippen LogP contribution in [0.2, 0.25) is 0 Å². The Labute approximate surface area is 127 Å². The van der Waals surface area contributed by atoms with Crippen molar-refractivity contribution >= 4 is 5.91 Å². The van der Waals surface area contributed by atoms with E-state index in [-0.39, 0.29) is 22.9 Å². The lowest BCUT2D eigenvalue weighted by atomic mass is 10.2. The molecule has 0 aliphatic carbocycles. The monoisotopic (exact) mass is 305 g/mol. The van der Waals surface area contributed by atoms with Crippen LogP contribution in [0.3, 0.4) is 0 Å². The number of aryl methyl sites for hydroxylation is 1. The molecule has 8 nitrogen and oxygen atoms in total. The van der Waals surface area contributed by atoms with Gasteiger partial charge in [-0.15, -0.1) is 0 Å². The second kappa shape index (κ2) is 6.88. The van der Waals surface area contributed by atoms with E-state index in [1.807, 2.05) is 13.8 Å². The van der Waals surface area contributed by atoms with Gasteiger partial charge in [-0.25, -0.2) is 9.67 Å². The third-order valence-corrected chi connectivity index (χ3v) is 3.16. The van der Waals surface area contributed by atoms with Crippen molar-refractivity contribution in [3.8, 4) is 5.75 Å². The van der Waals surface area contributed by atoms with Crippen molar-refractivity contribution in [3.63, 3.8) is 0 Å². The first-order valence-corrected chi connectivity index (χ1v) is 7.02. The minimum atomic E-state index is -0.390. The summed E-state index contributed by atoms with van der Waals surface area (Å²) < 4.78 is 6.62. The fraction of sp³-hybridized carbons (Fsp3) is 0.429. The highest BCUT2D eigenvalue weighted by atomic mass is 16.5. The van der Waals surface area contributed by atoms with Crippen molar-refractivity contribution in [1.82, 2.24) is 25.1 Å². The predicted molar refractivity (Wildman–Crippen MR) is 79.8 cm³/mol. The van der Waals surface area contributed by atoms with E-state index < -0.39 is 5.91 Å². The van der Waals surface area contributed by atoms with Crippen LogP contribution in [-0.4, -0.2) is 32.8 Å².